The summed E-state index contributed by atoms with van der Waals surface area (Å²) in [6.45, 7) is 12.2. The van der Waals surface area contributed by atoms with Gasteiger partial charge in [0.1, 0.15) is 0 Å². The second-order valence-electron chi connectivity index (χ2n) is 7.89. The van der Waals surface area contributed by atoms with Gasteiger partial charge in [-0.1, -0.05) is 78.1 Å². The normalized spacial score (nSPS) is 13.2. The Morgan fingerprint density at radius 1 is 1.17 bits per heavy atom. The molecule has 0 fully saturated rings. The van der Waals surface area contributed by atoms with Crippen LogP contribution in [0.5, 0.6) is 0 Å². The zero-order valence-electron chi connectivity index (χ0n) is 15.7. The van der Waals surface area contributed by atoms with Crippen LogP contribution in [0, 0.1) is 10.7 Å². The molecule has 0 spiro atoms. The first-order valence-corrected chi connectivity index (χ1v) is 9.50. The van der Waals surface area contributed by atoms with E-state index in [2.05, 4.69) is 73.6 Å². The van der Waals surface area contributed by atoms with Gasteiger partial charge in [-0.15, -0.1) is 0 Å². The molecular formula is C20H31N3S. The molecule has 0 bridgehead atoms. The number of H-pyrrole nitrogens is 1. The maximum Gasteiger partial charge on any atom is 0.195 e. The number of hydrogen-bond acceptors (Lipinski definition) is 2. The Labute approximate surface area is 151 Å². The second kappa shape index (κ2) is 8.11. The minimum absolute atomic E-state index is 0.164. The van der Waals surface area contributed by atoms with E-state index >= 15 is 0 Å². The van der Waals surface area contributed by atoms with Gasteiger partial charge in [-0.05, 0) is 35.5 Å². The molecule has 0 aliphatic heterocycles. The Bertz CT molecular complexity index is 689. The summed E-state index contributed by atoms with van der Waals surface area (Å²) in [7, 11) is 0. The van der Waals surface area contributed by atoms with Gasteiger partial charge in [0.25, 0.3) is 0 Å². The van der Waals surface area contributed by atoms with Gasteiger partial charge in [0.05, 0.1) is 0 Å². The molecular weight excluding hydrogens is 314 g/mol. The summed E-state index contributed by atoms with van der Waals surface area (Å²) in [6, 6.07) is 8.71. The standard InChI is InChI=1S/C20H31N3S/c1-6-7-8-9-15(2)14-23-18(21-22-19(23)24)16-10-12-17(13-11-16)20(3,4)5/h10-13,15H,6-9,14H2,1-5H3,(H,22,24)/t15-/m0/s1. The third-order valence-electron chi connectivity index (χ3n) is 4.56. The number of nitrogens with one attached hydrogen (secondary N) is 1. The molecule has 1 N–H and O–H groups in total. The minimum Gasteiger partial charge on any atom is -0.300 e. The highest BCUT2D eigenvalue weighted by molar-refractivity contribution is 7.71. The van der Waals surface area contributed by atoms with E-state index in [0.29, 0.717) is 10.7 Å². The monoisotopic (exact) mass is 345 g/mol. The Balaban J connectivity index is 2.19. The molecule has 0 aliphatic carbocycles. The summed E-state index contributed by atoms with van der Waals surface area (Å²) in [6.07, 6.45) is 5.10. The van der Waals surface area contributed by atoms with E-state index in [9.17, 15) is 0 Å². The van der Waals surface area contributed by atoms with Crippen LogP contribution in [0.3, 0.4) is 0 Å². The van der Waals surface area contributed by atoms with Crippen molar-refractivity contribution in [2.75, 3.05) is 0 Å². The van der Waals surface area contributed by atoms with Crippen molar-refractivity contribution in [2.45, 2.75) is 72.3 Å². The van der Waals surface area contributed by atoms with Crippen LogP contribution in [0.1, 0.15) is 65.9 Å². The SMILES string of the molecule is CCCCC[C@H](C)Cn1c(-c2ccc(C(C)(C)C)cc2)n[nH]c1=S. The van der Waals surface area contributed by atoms with Gasteiger partial charge in [-0.3, -0.25) is 9.67 Å². The molecule has 1 aromatic carbocycles. The fourth-order valence-electron chi connectivity index (χ4n) is 2.97. The van der Waals surface area contributed by atoms with Gasteiger partial charge in [-0.2, -0.15) is 5.10 Å². The lowest BCUT2D eigenvalue weighted by Crippen LogP contribution is -2.11. The van der Waals surface area contributed by atoms with Crippen LogP contribution < -0.4 is 0 Å². The molecule has 24 heavy (non-hydrogen) atoms. The number of hydrogen-bond donors (Lipinski definition) is 1. The molecule has 4 heteroatoms. The Hall–Kier alpha value is -1.42. The van der Waals surface area contributed by atoms with Crippen molar-refractivity contribution in [1.29, 1.82) is 0 Å². The number of nitrogens with zero attached hydrogens (tertiary/aromatic N) is 2. The Morgan fingerprint density at radius 2 is 1.83 bits per heavy atom. The van der Waals surface area contributed by atoms with E-state index in [0.717, 1.165) is 17.9 Å². The summed E-state index contributed by atoms with van der Waals surface area (Å²) < 4.78 is 2.87. The molecule has 2 aromatic rings. The molecule has 0 aliphatic rings. The fraction of sp³-hybridized carbons (Fsp3) is 0.600. The van der Waals surface area contributed by atoms with Crippen molar-refractivity contribution in [2.24, 2.45) is 5.92 Å². The van der Waals surface area contributed by atoms with Crippen molar-refractivity contribution in [3.8, 4) is 11.4 Å². The lowest BCUT2D eigenvalue weighted by molar-refractivity contribution is 0.429. The molecule has 1 heterocycles. The molecule has 0 radical (unpaired) electrons. The maximum absolute atomic E-state index is 5.46. The fourth-order valence-corrected chi connectivity index (χ4v) is 3.18. The van der Waals surface area contributed by atoms with Crippen molar-refractivity contribution in [3.63, 3.8) is 0 Å². The van der Waals surface area contributed by atoms with Crippen molar-refractivity contribution in [1.82, 2.24) is 14.8 Å². The second-order valence-corrected chi connectivity index (χ2v) is 8.28. The van der Waals surface area contributed by atoms with Crippen LogP contribution in [0.4, 0.5) is 0 Å². The third-order valence-corrected chi connectivity index (χ3v) is 4.87. The van der Waals surface area contributed by atoms with Gasteiger partial charge in [-0.25, -0.2) is 0 Å². The van der Waals surface area contributed by atoms with Crippen LogP contribution in [-0.4, -0.2) is 14.8 Å². The average molecular weight is 346 g/mol. The van der Waals surface area contributed by atoms with Crippen LogP contribution in [0.2, 0.25) is 0 Å². The summed E-state index contributed by atoms with van der Waals surface area (Å²) >= 11 is 5.46. The van der Waals surface area contributed by atoms with Crippen molar-refractivity contribution in [3.05, 3.63) is 34.6 Å². The molecule has 2 rings (SSSR count). The molecule has 0 amide bonds. The molecule has 1 atom stereocenters. The highest BCUT2D eigenvalue weighted by atomic mass is 32.1. The van der Waals surface area contributed by atoms with Crippen LogP contribution >= 0.6 is 12.2 Å². The molecule has 1 aromatic heterocycles. The predicted molar refractivity (Wildman–Crippen MR) is 105 cm³/mol. The van der Waals surface area contributed by atoms with E-state index in [1.165, 1.54) is 31.2 Å². The average Bonchev–Trinajstić information content (AvgIpc) is 2.88. The largest absolute Gasteiger partial charge is 0.300 e. The lowest BCUT2D eigenvalue weighted by Gasteiger charge is -2.19. The number of benzene rings is 1. The number of aromatic amines is 1. The van der Waals surface area contributed by atoms with E-state index in [-0.39, 0.29) is 5.41 Å². The van der Waals surface area contributed by atoms with Crippen LogP contribution in [0.25, 0.3) is 11.4 Å². The van der Waals surface area contributed by atoms with Gasteiger partial charge >= 0.3 is 0 Å². The smallest absolute Gasteiger partial charge is 0.195 e. The van der Waals surface area contributed by atoms with Gasteiger partial charge < -0.3 is 0 Å². The van der Waals surface area contributed by atoms with Gasteiger partial charge in [0, 0.05) is 12.1 Å². The molecule has 0 unspecified atom stereocenters. The third kappa shape index (κ3) is 4.79. The topological polar surface area (TPSA) is 33.6 Å². The van der Waals surface area contributed by atoms with E-state index in [1.807, 2.05) is 0 Å². The highest BCUT2D eigenvalue weighted by Gasteiger charge is 2.15. The molecule has 132 valence electrons. The summed E-state index contributed by atoms with van der Waals surface area (Å²) in [5.41, 5.74) is 2.62. The summed E-state index contributed by atoms with van der Waals surface area (Å²) in [4.78, 5) is 0. The summed E-state index contributed by atoms with van der Waals surface area (Å²) in [5.74, 6) is 1.55. The molecule has 3 nitrogen and oxygen atoms in total. The maximum atomic E-state index is 5.46. The first-order valence-electron chi connectivity index (χ1n) is 9.09. The molecule has 0 saturated heterocycles. The van der Waals surface area contributed by atoms with E-state index in [1.54, 1.807) is 0 Å². The van der Waals surface area contributed by atoms with Gasteiger partial charge in [0.2, 0.25) is 0 Å². The Kier molecular flexibility index (Phi) is 6.39. The van der Waals surface area contributed by atoms with Crippen molar-refractivity contribution >= 4 is 12.2 Å². The summed E-state index contributed by atoms with van der Waals surface area (Å²) in [5, 5.41) is 7.44. The quantitative estimate of drug-likeness (QED) is 0.484. The number of aromatic nitrogens is 3. The zero-order valence-corrected chi connectivity index (χ0v) is 16.5. The van der Waals surface area contributed by atoms with Crippen LogP contribution in [0.15, 0.2) is 24.3 Å². The first-order chi connectivity index (χ1) is 11.3. The zero-order chi connectivity index (χ0) is 17.7. The minimum atomic E-state index is 0.164. The predicted octanol–water partition coefficient (Wildman–Crippen LogP) is 6.12. The lowest BCUT2D eigenvalue weighted by atomic mass is 9.86. The van der Waals surface area contributed by atoms with Crippen molar-refractivity contribution < 1.29 is 0 Å². The number of rotatable bonds is 7. The first kappa shape index (κ1) is 18.9. The van der Waals surface area contributed by atoms with E-state index in [4.69, 9.17) is 12.2 Å². The Morgan fingerprint density at radius 3 is 2.42 bits per heavy atom. The van der Waals surface area contributed by atoms with Crippen LogP contribution in [-0.2, 0) is 12.0 Å². The van der Waals surface area contributed by atoms with E-state index < -0.39 is 0 Å². The number of unbranched alkanes of at least 4 members (excludes halogenated alkanes) is 2. The highest BCUT2D eigenvalue weighted by Crippen LogP contribution is 2.26. The van der Waals surface area contributed by atoms with Gasteiger partial charge in [0.15, 0.2) is 10.6 Å². The molecule has 0 saturated carbocycles.